The van der Waals surface area contributed by atoms with Gasteiger partial charge in [0.2, 0.25) is 0 Å². The molecule has 312 valence electrons. The van der Waals surface area contributed by atoms with Crippen molar-refractivity contribution in [2.75, 3.05) is 45.7 Å². The maximum absolute atomic E-state index is 7.39. The van der Waals surface area contributed by atoms with E-state index in [-0.39, 0.29) is 34.3 Å². The smallest absolute Gasteiger partial charge is 0.192 e. The van der Waals surface area contributed by atoms with Crippen LogP contribution in [-0.4, -0.2) is 106 Å². The minimum atomic E-state index is -2.34. The third kappa shape index (κ3) is 10.1. The minimum Gasteiger partial charge on any atom is -0.408 e. The largest absolute Gasteiger partial charge is 0.408 e. The molecule has 11 nitrogen and oxygen atoms in total. The second kappa shape index (κ2) is 17.7. The molecular weight excluding hydrogens is 749 g/mol. The van der Waals surface area contributed by atoms with Gasteiger partial charge < -0.3 is 33.3 Å². The van der Waals surface area contributed by atoms with Gasteiger partial charge in [-0.3, -0.25) is 4.57 Å². The van der Waals surface area contributed by atoms with Crippen molar-refractivity contribution in [1.29, 1.82) is 0 Å². The zero-order chi connectivity index (χ0) is 41.2. The van der Waals surface area contributed by atoms with Crippen molar-refractivity contribution in [2.24, 2.45) is 0 Å². The van der Waals surface area contributed by atoms with Crippen LogP contribution in [-0.2, 0) is 29.7 Å². The van der Waals surface area contributed by atoms with Crippen LogP contribution < -0.4 is 5.32 Å². The normalized spacial score (nSPS) is 21.8. The van der Waals surface area contributed by atoms with E-state index in [9.17, 15) is 0 Å². The molecule has 4 heterocycles. The molecule has 0 unspecified atom stereocenters. The van der Waals surface area contributed by atoms with E-state index in [0.717, 1.165) is 25.9 Å². The lowest BCUT2D eigenvalue weighted by Crippen LogP contribution is -2.54. The van der Waals surface area contributed by atoms with Gasteiger partial charge in [0.1, 0.15) is 24.9 Å². The number of benzene rings is 2. The summed E-state index contributed by atoms with van der Waals surface area (Å²) in [5, 5.41) is 3.68. The Bertz CT molecular complexity index is 1850. The van der Waals surface area contributed by atoms with Crippen LogP contribution in [0.15, 0.2) is 67.0 Å². The molecule has 2 aliphatic heterocycles. The molecule has 2 aromatic heterocycles. The topological polar surface area (TPSA) is 105 Å². The van der Waals surface area contributed by atoms with Crippen molar-refractivity contribution in [2.45, 2.75) is 134 Å². The molecule has 0 saturated carbocycles. The molecule has 2 aromatic carbocycles. The van der Waals surface area contributed by atoms with Crippen molar-refractivity contribution in [3.63, 3.8) is 0 Å². The van der Waals surface area contributed by atoms with Gasteiger partial charge in [-0.25, -0.2) is 15.0 Å². The van der Waals surface area contributed by atoms with Gasteiger partial charge >= 0.3 is 0 Å². The Hall–Kier alpha value is -3.02. The van der Waals surface area contributed by atoms with Crippen molar-refractivity contribution in [3.05, 3.63) is 83.9 Å². The van der Waals surface area contributed by atoms with E-state index in [1.807, 2.05) is 10.9 Å². The Labute approximate surface area is 343 Å². The van der Waals surface area contributed by atoms with Crippen LogP contribution in [0.2, 0.25) is 36.3 Å². The molecule has 4 aromatic rings. The summed E-state index contributed by atoms with van der Waals surface area (Å²) in [6.07, 6.45) is 2.26. The van der Waals surface area contributed by atoms with Gasteiger partial charge in [0.15, 0.2) is 45.7 Å². The van der Waals surface area contributed by atoms with Gasteiger partial charge in [0, 0.05) is 32.7 Å². The monoisotopic (exact) mass is 816 g/mol. The van der Waals surface area contributed by atoms with E-state index in [1.54, 1.807) is 7.11 Å². The second-order valence-corrected chi connectivity index (χ2v) is 28.6. The van der Waals surface area contributed by atoms with Gasteiger partial charge in [0.25, 0.3) is 0 Å². The number of ether oxygens (including phenoxy) is 3. The number of piperidine rings is 1. The summed E-state index contributed by atoms with van der Waals surface area (Å²) in [4.78, 5) is 17.7. The van der Waals surface area contributed by atoms with Crippen LogP contribution in [0, 0.1) is 0 Å². The highest BCUT2D eigenvalue weighted by Gasteiger charge is 2.54. The number of imidazole rings is 1. The number of anilines is 1. The zero-order valence-electron chi connectivity index (χ0n) is 36.5. The van der Waals surface area contributed by atoms with E-state index in [0.29, 0.717) is 42.6 Å². The summed E-state index contributed by atoms with van der Waals surface area (Å²) in [6.45, 7) is 26.1. The summed E-state index contributed by atoms with van der Waals surface area (Å²) >= 11 is 0. The van der Waals surface area contributed by atoms with Crippen molar-refractivity contribution in [3.8, 4) is 0 Å². The highest BCUT2D eigenvalue weighted by atomic mass is 28.4. The van der Waals surface area contributed by atoms with Crippen molar-refractivity contribution in [1.82, 2.24) is 24.4 Å². The third-order valence-electron chi connectivity index (χ3n) is 12.8. The van der Waals surface area contributed by atoms with E-state index in [4.69, 9.17) is 38.0 Å². The number of hydrogen-bond donors (Lipinski definition) is 1. The molecule has 0 spiro atoms. The first-order valence-corrected chi connectivity index (χ1v) is 26.6. The van der Waals surface area contributed by atoms with Crippen molar-refractivity contribution < 1.29 is 23.1 Å². The standard InChI is InChI=1S/C44H68N6O5Si2/c1-43(2,3)56(9,10)54-38-35(28-51-8)53-42(39(38)55-57(11,12)44(4,5)6)50-30-46-37-40(47-36(48-41(37)50)29-52-33-23-25-49(7)26-24-33)45-27-34(31-19-15-13-16-20-31)32-21-17-14-18-22-32/h13-22,30,33-35,38-39,42H,23-29H2,1-12H3,(H,45,47,48)/t35-,38-,39+,42-/m1/s1. The Balaban J connectivity index is 1.42. The Morgan fingerprint density at radius 1 is 0.825 bits per heavy atom. The minimum absolute atomic E-state index is 0.0141. The molecule has 2 aliphatic rings. The van der Waals surface area contributed by atoms with Crippen LogP contribution >= 0.6 is 0 Å². The average molecular weight is 817 g/mol. The van der Waals surface area contributed by atoms with Gasteiger partial charge in [-0.15, -0.1) is 0 Å². The summed E-state index contributed by atoms with van der Waals surface area (Å²) in [6, 6.07) is 21.2. The fraction of sp³-hybridized carbons (Fsp3) is 0.614. The zero-order valence-corrected chi connectivity index (χ0v) is 38.5. The molecule has 0 amide bonds. The van der Waals surface area contributed by atoms with E-state index >= 15 is 0 Å². The molecule has 6 rings (SSSR count). The lowest BCUT2D eigenvalue weighted by Gasteiger charge is -2.44. The first-order valence-electron chi connectivity index (χ1n) is 20.8. The van der Waals surface area contributed by atoms with Gasteiger partial charge in [-0.2, -0.15) is 0 Å². The van der Waals surface area contributed by atoms with Crippen LogP contribution in [0.1, 0.15) is 83.5 Å². The van der Waals surface area contributed by atoms with Crippen molar-refractivity contribution >= 4 is 33.6 Å². The molecule has 1 N–H and O–H groups in total. The van der Waals surface area contributed by atoms with Crippen LogP contribution in [0.3, 0.4) is 0 Å². The number of likely N-dealkylation sites (tertiary alicyclic amines) is 1. The van der Waals surface area contributed by atoms with Crippen LogP contribution in [0.4, 0.5) is 5.82 Å². The van der Waals surface area contributed by atoms with Gasteiger partial charge in [-0.05, 0) is 67.3 Å². The Kier molecular flexibility index (Phi) is 13.5. The summed E-state index contributed by atoms with van der Waals surface area (Å²) in [5.74, 6) is 1.35. The molecule has 0 radical (unpaired) electrons. The highest BCUT2D eigenvalue weighted by Crippen LogP contribution is 2.46. The summed E-state index contributed by atoms with van der Waals surface area (Å²) in [7, 11) is -0.741. The lowest BCUT2D eigenvalue weighted by molar-refractivity contribution is -0.0562. The number of aromatic nitrogens is 4. The Morgan fingerprint density at radius 2 is 1.39 bits per heavy atom. The SMILES string of the molecule is COC[C@H]1O[C@@H](n2cnc3c(NCC(c4ccccc4)c4ccccc4)nc(COC4CCN(C)CC4)nc32)[C@@H](O[Si](C)(C)C(C)(C)C)[C@@H]1O[Si](C)(C)C(C)(C)C. The van der Waals surface area contributed by atoms with Gasteiger partial charge in [0.05, 0.1) is 19.0 Å². The molecule has 2 saturated heterocycles. The second-order valence-electron chi connectivity index (χ2n) is 19.1. The predicted octanol–water partition coefficient (Wildman–Crippen LogP) is 9.01. The number of fused-ring (bicyclic) bond motifs is 1. The molecule has 2 fully saturated rings. The molecule has 0 aliphatic carbocycles. The number of rotatable bonds is 15. The predicted molar refractivity (Wildman–Crippen MR) is 234 cm³/mol. The van der Waals surface area contributed by atoms with Crippen LogP contribution in [0.5, 0.6) is 0 Å². The number of nitrogens with zero attached hydrogens (tertiary/aromatic N) is 5. The van der Waals surface area contributed by atoms with E-state index in [2.05, 4.69) is 146 Å². The molecule has 4 atom stereocenters. The molecule has 57 heavy (non-hydrogen) atoms. The lowest BCUT2D eigenvalue weighted by atomic mass is 9.91. The van der Waals surface area contributed by atoms with E-state index < -0.39 is 29.0 Å². The molecular formula is C44H68N6O5Si2. The average Bonchev–Trinajstić information content (AvgIpc) is 3.72. The summed E-state index contributed by atoms with van der Waals surface area (Å²) < 4.78 is 36.1. The first kappa shape index (κ1) is 43.6. The number of methoxy groups -OCH3 is 1. The maximum Gasteiger partial charge on any atom is 0.192 e. The maximum atomic E-state index is 7.39. The number of hydrogen-bond acceptors (Lipinski definition) is 10. The van der Waals surface area contributed by atoms with Crippen LogP contribution in [0.25, 0.3) is 11.2 Å². The highest BCUT2D eigenvalue weighted by molar-refractivity contribution is 6.74. The molecule has 0 bridgehead atoms. The van der Waals surface area contributed by atoms with Gasteiger partial charge in [-0.1, -0.05) is 102 Å². The quantitative estimate of drug-likeness (QED) is 0.117. The third-order valence-corrected chi connectivity index (χ3v) is 21.8. The Morgan fingerprint density at radius 3 is 1.93 bits per heavy atom. The first-order chi connectivity index (χ1) is 26.9. The molecule has 13 heteroatoms. The fourth-order valence-corrected chi connectivity index (χ4v) is 9.81. The summed E-state index contributed by atoms with van der Waals surface area (Å²) in [5.41, 5.74) is 3.78. The number of nitrogens with one attached hydrogen (secondary N) is 1. The fourth-order valence-electron chi connectivity index (χ4n) is 7.21. The van der Waals surface area contributed by atoms with E-state index in [1.165, 1.54) is 11.1 Å².